The van der Waals surface area contributed by atoms with E-state index in [2.05, 4.69) is 10.1 Å². The molecule has 3 N–H and O–H groups in total. The Balaban J connectivity index is 2.23. The Bertz CT molecular complexity index is 310. The molecule has 1 aliphatic rings. The summed E-state index contributed by atoms with van der Waals surface area (Å²) in [5.74, 6) is 0.0978. The molecule has 0 aliphatic heterocycles. The standard InChI is InChI=1S/C12H21F3N2O2/c1-9-3-2-4-11(16,7-9)10(18)17-5-6-19-8-12(13,14)15/h9H,2-8,16H2,1H3,(H,17,18). The third-order valence-corrected chi connectivity index (χ3v) is 3.28. The number of nitrogens with two attached hydrogens (primary N) is 1. The van der Waals surface area contributed by atoms with E-state index in [9.17, 15) is 18.0 Å². The van der Waals surface area contributed by atoms with Gasteiger partial charge in [0.2, 0.25) is 5.91 Å². The molecule has 2 unspecified atom stereocenters. The lowest BCUT2D eigenvalue weighted by Gasteiger charge is -2.35. The fourth-order valence-corrected chi connectivity index (χ4v) is 2.40. The molecule has 1 aliphatic carbocycles. The van der Waals surface area contributed by atoms with Crippen molar-refractivity contribution in [2.24, 2.45) is 11.7 Å². The lowest BCUT2D eigenvalue weighted by atomic mass is 9.76. The average Bonchev–Trinajstić information content (AvgIpc) is 2.26. The molecule has 2 atom stereocenters. The summed E-state index contributed by atoms with van der Waals surface area (Å²) < 4.78 is 39.8. The molecule has 112 valence electrons. The zero-order valence-corrected chi connectivity index (χ0v) is 11.1. The first kappa shape index (κ1) is 16.2. The third kappa shape index (κ3) is 5.78. The summed E-state index contributed by atoms with van der Waals surface area (Å²) in [4.78, 5) is 11.9. The molecular weight excluding hydrogens is 261 g/mol. The maximum Gasteiger partial charge on any atom is 0.411 e. The van der Waals surface area contributed by atoms with Crippen LogP contribution in [-0.4, -0.2) is 37.4 Å². The number of amides is 1. The average molecular weight is 282 g/mol. The van der Waals surface area contributed by atoms with Crippen molar-refractivity contribution in [1.82, 2.24) is 5.32 Å². The third-order valence-electron chi connectivity index (χ3n) is 3.28. The van der Waals surface area contributed by atoms with Gasteiger partial charge in [-0.15, -0.1) is 0 Å². The van der Waals surface area contributed by atoms with Gasteiger partial charge in [-0.3, -0.25) is 4.79 Å². The number of hydrogen-bond acceptors (Lipinski definition) is 3. The summed E-state index contributed by atoms with van der Waals surface area (Å²) in [6, 6.07) is 0. The van der Waals surface area contributed by atoms with Gasteiger partial charge < -0.3 is 15.8 Å². The zero-order valence-electron chi connectivity index (χ0n) is 11.1. The van der Waals surface area contributed by atoms with Crippen LogP contribution in [0.4, 0.5) is 13.2 Å². The molecule has 0 bridgehead atoms. The Morgan fingerprint density at radius 1 is 1.53 bits per heavy atom. The SMILES string of the molecule is CC1CCCC(N)(C(=O)NCCOCC(F)(F)F)C1. The van der Waals surface area contributed by atoms with Crippen LogP contribution in [0.25, 0.3) is 0 Å². The van der Waals surface area contributed by atoms with Gasteiger partial charge in [0.05, 0.1) is 12.1 Å². The normalized spacial score (nSPS) is 28.2. The summed E-state index contributed by atoms with van der Waals surface area (Å²) in [5.41, 5.74) is 5.16. The van der Waals surface area contributed by atoms with Crippen LogP contribution < -0.4 is 11.1 Å². The van der Waals surface area contributed by atoms with Gasteiger partial charge in [0.15, 0.2) is 0 Å². The maximum absolute atomic E-state index is 11.9. The van der Waals surface area contributed by atoms with Crippen molar-refractivity contribution >= 4 is 5.91 Å². The lowest BCUT2D eigenvalue weighted by Crippen LogP contribution is -2.56. The van der Waals surface area contributed by atoms with E-state index in [1.807, 2.05) is 6.92 Å². The molecule has 1 fully saturated rings. The number of halogens is 3. The van der Waals surface area contributed by atoms with Crippen LogP contribution in [0, 0.1) is 5.92 Å². The highest BCUT2D eigenvalue weighted by Gasteiger charge is 2.37. The Morgan fingerprint density at radius 2 is 2.21 bits per heavy atom. The number of alkyl halides is 3. The largest absolute Gasteiger partial charge is 0.411 e. The van der Waals surface area contributed by atoms with Crippen LogP contribution in [0.15, 0.2) is 0 Å². The van der Waals surface area contributed by atoms with Crippen molar-refractivity contribution < 1.29 is 22.7 Å². The molecule has 1 rings (SSSR count). The van der Waals surface area contributed by atoms with Crippen LogP contribution in [0.1, 0.15) is 32.6 Å². The molecule has 19 heavy (non-hydrogen) atoms. The van der Waals surface area contributed by atoms with Crippen molar-refractivity contribution in [1.29, 1.82) is 0 Å². The Hall–Kier alpha value is -0.820. The predicted octanol–water partition coefficient (Wildman–Crippen LogP) is 1.59. The number of nitrogens with one attached hydrogen (secondary N) is 1. The van der Waals surface area contributed by atoms with Gasteiger partial charge in [0.1, 0.15) is 6.61 Å². The van der Waals surface area contributed by atoms with Crippen LogP contribution >= 0.6 is 0 Å². The Kier molecular flexibility index (Phi) is 5.61. The molecule has 0 saturated heterocycles. The van der Waals surface area contributed by atoms with E-state index in [1.54, 1.807) is 0 Å². The van der Waals surface area contributed by atoms with Crippen LogP contribution in [-0.2, 0) is 9.53 Å². The molecule has 0 radical (unpaired) electrons. The number of hydrogen-bond donors (Lipinski definition) is 2. The number of ether oxygens (including phenoxy) is 1. The summed E-state index contributed by atoms with van der Waals surface area (Å²) in [6.07, 6.45) is -1.15. The summed E-state index contributed by atoms with van der Waals surface area (Å²) >= 11 is 0. The number of rotatable bonds is 5. The predicted molar refractivity (Wildman–Crippen MR) is 64.4 cm³/mol. The fraction of sp³-hybridized carbons (Fsp3) is 0.917. The smallest absolute Gasteiger partial charge is 0.370 e. The van der Waals surface area contributed by atoms with Gasteiger partial charge in [-0.25, -0.2) is 0 Å². The molecular formula is C12H21F3N2O2. The van der Waals surface area contributed by atoms with Crippen LogP contribution in [0.3, 0.4) is 0 Å². The quantitative estimate of drug-likeness (QED) is 0.753. The number of carbonyl (C=O) groups excluding carboxylic acids is 1. The second-order valence-electron chi connectivity index (χ2n) is 5.28. The van der Waals surface area contributed by atoms with E-state index in [0.717, 1.165) is 12.8 Å². The topological polar surface area (TPSA) is 64.4 Å². The van der Waals surface area contributed by atoms with Gasteiger partial charge in [-0.05, 0) is 18.8 Å². The van der Waals surface area contributed by atoms with Crippen LogP contribution in [0.2, 0.25) is 0 Å². The minimum Gasteiger partial charge on any atom is -0.370 e. The molecule has 0 aromatic heterocycles. The molecule has 0 aromatic rings. The molecule has 4 nitrogen and oxygen atoms in total. The van der Waals surface area contributed by atoms with Gasteiger partial charge >= 0.3 is 6.18 Å². The van der Waals surface area contributed by atoms with E-state index in [4.69, 9.17) is 5.73 Å². The summed E-state index contributed by atoms with van der Waals surface area (Å²) in [6.45, 7) is 0.618. The number of carbonyl (C=O) groups is 1. The Morgan fingerprint density at radius 3 is 2.79 bits per heavy atom. The first-order valence-electron chi connectivity index (χ1n) is 6.45. The molecule has 7 heteroatoms. The van der Waals surface area contributed by atoms with Crippen molar-refractivity contribution in [3.63, 3.8) is 0 Å². The highest BCUT2D eigenvalue weighted by molar-refractivity contribution is 5.86. The van der Waals surface area contributed by atoms with Gasteiger partial charge in [-0.2, -0.15) is 13.2 Å². The zero-order chi connectivity index (χ0) is 14.5. The minimum atomic E-state index is -4.34. The highest BCUT2D eigenvalue weighted by atomic mass is 19.4. The minimum absolute atomic E-state index is 0.0439. The summed E-state index contributed by atoms with van der Waals surface area (Å²) in [7, 11) is 0. The van der Waals surface area contributed by atoms with Crippen LogP contribution in [0.5, 0.6) is 0 Å². The lowest BCUT2D eigenvalue weighted by molar-refractivity contribution is -0.173. The highest BCUT2D eigenvalue weighted by Crippen LogP contribution is 2.30. The van der Waals surface area contributed by atoms with E-state index >= 15 is 0 Å². The van der Waals surface area contributed by atoms with E-state index < -0.39 is 18.3 Å². The van der Waals surface area contributed by atoms with Crippen molar-refractivity contribution in [2.45, 2.75) is 44.3 Å². The second-order valence-corrected chi connectivity index (χ2v) is 5.28. The van der Waals surface area contributed by atoms with E-state index in [1.165, 1.54) is 0 Å². The van der Waals surface area contributed by atoms with Gasteiger partial charge in [0.25, 0.3) is 0 Å². The van der Waals surface area contributed by atoms with Gasteiger partial charge in [-0.1, -0.05) is 19.8 Å². The van der Waals surface area contributed by atoms with Crippen molar-refractivity contribution in [2.75, 3.05) is 19.8 Å². The molecule has 0 spiro atoms. The second kappa shape index (κ2) is 6.56. The van der Waals surface area contributed by atoms with Gasteiger partial charge in [0, 0.05) is 6.54 Å². The maximum atomic E-state index is 11.9. The fourth-order valence-electron chi connectivity index (χ4n) is 2.40. The van der Waals surface area contributed by atoms with Crippen molar-refractivity contribution in [3.8, 4) is 0 Å². The first-order chi connectivity index (χ1) is 8.73. The first-order valence-corrected chi connectivity index (χ1v) is 6.45. The molecule has 0 heterocycles. The molecule has 0 aromatic carbocycles. The van der Waals surface area contributed by atoms with E-state index in [0.29, 0.717) is 18.8 Å². The Labute approximate surface area is 110 Å². The molecule has 1 saturated carbocycles. The van der Waals surface area contributed by atoms with E-state index in [-0.39, 0.29) is 19.1 Å². The molecule has 1 amide bonds. The summed E-state index contributed by atoms with van der Waals surface area (Å²) in [5, 5.41) is 2.54. The van der Waals surface area contributed by atoms with Crippen molar-refractivity contribution in [3.05, 3.63) is 0 Å². The monoisotopic (exact) mass is 282 g/mol.